The normalized spacial score (nSPS) is 10.9. The molecule has 0 aromatic rings. The van der Waals surface area contributed by atoms with Gasteiger partial charge in [-0.05, 0) is 0 Å². The highest BCUT2D eigenvalue weighted by molar-refractivity contribution is 8.04. The SMILES string of the molecule is NC(=O)S(=O)(=O)NCC(=O)O. The first-order chi connectivity index (χ1) is 4.86. The van der Waals surface area contributed by atoms with E-state index in [1.165, 1.54) is 4.72 Å². The summed E-state index contributed by atoms with van der Waals surface area (Å²) in [6, 6.07) is 0. The minimum Gasteiger partial charge on any atom is -0.480 e. The number of carboxylic acids is 1. The van der Waals surface area contributed by atoms with Gasteiger partial charge >= 0.3 is 11.2 Å². The Morgan fingerprint density at radius 1 is 1.45 bits per heavy atom. The molecule has 0 saturated heterocycles. The second kappa shape index (κ2) is 3.30. The third-order valence-corrected chi connectivity index (χ3v) is 1.73. The zero-order valence-corrected chi connectivity index (χ0v) is 6.09. The molecule has 0 aliphatic rings. The quantitative estimate of drug-likeness (QED) is 0.468. The maximum atomic E-state index is 10.4. The van der Waals surface area contributed by atoms with Gasteiger partial charge in [-0.2, -0.15) is 4.72 Å². The molecule has 0 rings (SSSR count). The van der Waals surface area contributed by atoms with Gasteiger partial charge in [0.1, 0.15) is 6.54 Å². The Labute approximate surface area is 62.2 Å². The number of sulfonamides is 1. The molecule has 0 saturated carbocycles. The van der Waals surface area contributed by atoms with Gasteiger partial charge in [0.15, 0.2) is 0 Å². The van der Waals surface area contributed by atoms with Gasteiger partial charge in [-0.3, -0.25) is 9.59 Å². The summed E-state index contributed by atoms with van der Waals surface area (Å²) in [5.74, 6) is -1.39. The number of rotatable bonds is 3. The van der Waals surface area contributed by atoms with Crippen molar-refractivity contribution >= 4 is 21.2 Å². The highest BCUT2D eigenvalue weighted by Crippen LogP contribution is 1.80. The van der Waals surface area contributed by atoms with Crippen LogP contribution in [0.4, 0.5) is 4.79 Å². The summed E-state index contributed by atoms with van der Waals surface area (Å²) in [7, 11) is -4.29. The third kappa shape index (κ3) is 3.53. The van der Waals surface area contributed by atoms with Crippen LogP contribution < -0.4 is 10.5 Å². The summed E-state index contributed by atoms with van der Waals surface area (Å²) >= 11 is 0. The highest BCUT2D eigenvalue weighted by atomic mass is 32.2. The summed E-state index contributed by atoms with van der Waals surface area (Å²) in [6.07, 6.45) is 0. The summed E-state index contributed by atoms with van der Waals surface area (Å²) in [5, 5.41) is 6.38. The minimum atomic E-state index is -4.29. The zero-order chi connectivity index (χ0) is 9.07. The van der Waals surface area contributed by atoms with Crippen LogP contribution in [0.25, 0.3) is 0 Å². The maximum Gasteiger partial charge on any atom is 0.349 e. The second-order valence-electron chi connectivity index (χ2n) is 1.54. The average molecular weight is 182 g/mol. The van der Waals surface area contributed by atoms with Crippen molar-refractivity contribution in [3.05, 3.63) is 0 Å². The number of carbonyl (C=O) groups is 2. The Bertz CT molecular complexity index is 267. The molecule has 0 heterocycles. The first-order valence-corrected chi connectivity index (χ1v) is 3.85. The van der Waals surface area contributed by atoms with Gasteiger partial charge in [-0.1, -0.05) is 0 Å². The number of hydrogen-bond donors (Lipinski definition) is 3. The number of carbonyl (C=O) groups excluding carboxylic acids is 1. The highest BCUT2D eigenvalue weighted by Gasteiger charge is 2.17. The zero-order valence-electron chi connectivity index (χ0n) is 5.27. The van der Waals surface area contributed by atoms with E-state index in [4.69, 9.17) is 5.11 Å². The van der Waals surface area contributed by atoms with Crippen LogP contribution in [0.1, 0.15) is 0 Å². The van der Waals surface area contributed by atoms with E-state index in [-0.39, 0.29) is 0 Å². The first kappa shape index (κ1) is 9.85. The monoisotopic (exact) mass is 182 g/mol. The Morgan fingerprint density at radius 3 is 2.18 bits per heavy atom. The topological polar surface area (TPSA) is 127 Å². The molecule has 1 amide bonds. The van der Waals surface area contributed by atoms with Crippen molar-refractivity contribution in [2.24, 2.45) is 5.73 Å². The van der Waals surface area contributed by atoms with Crippen molar-refractivity contribution in [3.63, 3.8) is 0 Å². The maximum absolute atomic E-state index is 10.4. The van der Waals surface area contributed by atoms with E-state index in [0.29, 0.717) is 0 Å². The van der Waals surface area contributed by atoms with Crippen molar-refractivity contribution in [2.75, 3.05) is 6.54 Å². The molecule has 0 aliphatic carbocycles. The lowest BCUT2D eigenvalue weighted by molar-refractivity contribution is -0.135. The molecule has 0 aromatic heterocycles. The van der Waals surface area contributed by atoms with E-state index < -0.39 is 27.8 Å². The molecule has 0 bridgehead atoms. The molecular weight excluding hydrogens is 176 g/mol. The van der Waals surface area contributed by atoms with Crippen LogP contribution in [-0.2, 0) is 14.8 Å². The largest absolute Gasteiger partial charge is 0.480 e. The number of aliphatic carboxylic acids is 1. The predicted molar refractivity (Wildman–Crippen MR) is 34.1 cm³/mol. The number of primary amides is 1. The van der Waals surface area contributed by atoms with Crippen molar-refractivity contribution < 1.29 is 23.1 Å². The molecule has 0 spiro atoms. The fraction of sp³-hybridized carbons (Fsp3) is 0.333. The lowest BCUT2D eigenvalue weighted by atomic mass is 10.7. The number of hydrogen-bond acceptors (Lipinski definition) is 4. The smallest absolute Gasteiger partial charge is 0.349 e. The molecule has 0 aromatic carbocycles. The Balaban J connectivity index is 4.17. The second-order valence-corrected chi connectivity index (χ2v) is 3.24. The van der Waals surface area contributed by atoms with Gasteiger partial charge in [-0.15, -0.1) is 0 Å². The molecule has 0 fully saturated rings. The van der Waals surface area contributed by atoms with Crippen molar-refractivity contribution in [3.8, 4) is 0 Å². The standard InChI is InChI=1S/C3H6N2O5S/c4-3(8)11(9,10)5-1-2(6)7/h5H,1H2,(H2,4,8)(H,6,7). The molecule has 0 unspecified atom stereocenters. The average Bonchev–Trinajstić information content (AvgIpc) is 1.84. The number of carboxylic acid groups (broad SMARTS) is 1. The van der Waals surface area contributed by atoms with Crippen molar-refractivity contribution in [1.82, 2.24) is 4.72 Å². The number of nitrogens with two attached hydrogens (primary N) is 1. The predicted octanol–water partition coefficient (Wildman–Crippen LogP) is -1.93. The van der Waals surface area contributed by atoms with Crippen molar-refractivity contribution in [2.45, 2.75) is 0 Å². The van der Waals surface area contributed by atoms with E-state index in [1.54, 1.807) is 0 Å². The van der Waals surface area contributed by atoms with Gasteiger partial charge in [0.25, 0.3) is 10.0 Å². The lowest BCUT2D eigenvalue weighted by Crippen LogP contribution is -2.37. The van der Waals surface area contributed by atoms with Crippen LogP contribution in [-0.4, -0.2) is 31.3 Å². The molecule has 4 N–H and O–H groups in total. The van der Waals surface area contributed by atoms with Gasteiger partial charge < -0.3 is 10.8 Å². The Hall–Kier alpha value is -1.15. The lowest BCUT2D eigenvalue weighted by Gasteiger charge is -1.97. The van der Waals surface area contributed by atoms with Crippen molar-refractivity contribution in [1.29, 1.82) is 0 Å². The van der Waals surface area contributed by atoms with Gasteiger partial charge in [-0.25, -0.2) is 8.42 Å². The van der Waals surface area contributed by atoms with E-state index in [0.717, 1.165) is 0 Å². The molecule has 11 heavy (non-hydrogen) atoms. The van der Waals surface area contributed by atoms with E-state index in [2.05, 4.69) is 5.73 Å². The summed E-state index contributed by atoms with van der Waals surface area (Å²) < 4.78 is 22.2. The van der Waals surface area contributed by atoms with E-state index >= 15 is 0 Å². The molecular formula is C3H6N2O5S. The fourth-order valence-electron chi connectivity index (χ4n) is 0.228. The fourth-order valence-corrected chi connectivity index (χ4v) is 0.684. The van der Waals surface area contributed by atoms with Crippen LogP contribution in [0.2, 0.25) is 0 Å². The van der Waals surface area contributed by atoms with Crippen LogP contribution in [0, 0.1) is 0 Å². The molecule has 0 radical (unpaired) electrons. The number of amides is 1. The van der Waals surface area contributed by atoms with Crippen LogP contribution in [0.15, 0.2) is 0 Å². The Kier molecular flexibility index (Phi) is 2.96. The summed E-state index contributed by atoms with van der Waals surface area (Å²) in [5.41, 5.74) is 4.37. The molecule has 64 valence electrons. The van der Waals surface area contributed by atoms with E-state index in [9.17, 15) is 18.0 Å². The summed E-state index contributed by atoms with van der Waals surface area (Å²) in [4.78, 5) is 19.8. The first-order valence-electron chi connectivity index (χ1n) is 2.37. The number of nitrogens with one attached hydrogen (secondary N) is 1. The summed E-state index contributed by atoms with van der Waals surface area (Å²) in [6.45, 7) is -0.856. The van der Waals surface area contributed by atoms with Gasteiger partial charge in [0, 0.05) is 0 Å². The van der Waals surface area contributed by atoms with Gasteiger partial charge in [0.2, 0.25) is 0 Å². The Morgan fingerprint density at radius 2 is 1.91 bits per heavy atom. The van der Waals surface area contributed by atoms with Gasteiger partial charge in [0.05, 0.1) is 0 Å². The molecule has 0 aliphatic heterocycles. The molecule has 0 atom stereocenters. The van der Waals surface area contributed by atoms with Crippen LogP contribution in [0.5, 0.6) is 0 Å². The third-order valence-electron chi connectivity index (χ3n) is 0.678. The minimum absolute atomic E-state index is 0.856. The van der Waals surface area contributed by atoms with E-state index in [1.807, 2.05) is 0 Å². The van der Waals surface area contributed by atoms with Crippen LogP contribution in [0.3, 0.4) is 0 Å². The van der Waals surface area contributed by atoms with Crippen LogP contribution >= 0.6 is 0 Å². The molecule has 7 nitrogen and oxygen atoms in total. The molecule has 8 heteroatoms.